The molecule has 0 unspecified atom stereocenters. The van der Waals surface area contributed by atoms with E-state index in [1.165, 1.54) is 0 Å². The Labute approximate surface area is 165 Å². The van der Waals surface area contributed by atoms with E-state index in [-0.39, 0.29) is 11.9 Å². The highest BCUT2D eigenvalue weighted by atomic mass is 16.5. The van der Waals surface area contributed by atoms with Gasteiger partial charge in [-0.1, -0.05) is 6.92 Å². The number of nitrogens with zero attached hydrogens (tertiary/aromatic N) is 3. The second-order valence-corrected chi connectivity index (χ2v) is 6.57. The third-order valence-corrected chi connectivity index (χ3v) is 4.81. The molecule has 28 heavy (non-hydrogen) atoms. The van der Waals surface area contributed by atoms with Gasteiger partial charge in [0.15, 0.2) is 0 Å². The summed E-state index contributed by atoms with van der Waals surface area (Å²) < 4.78 is 4.96. The van der Waals surface area contributed by atoms with Crippen molar-refractivity contribution in [3.8, 4) is 0 Å². The molecular weight excluding hydrogens is 356 g/mol. The number of carbonyl (C=O) groups excluding carboxylic acids is 2. The van der Waals surface area contributed by atoms with Gasteiger partial charge < -0.3 is 19.9 Å². The molecule has 0 atom stereocenters. The molecule has 2 heterocycles. The van der Waals surface area contributed by atoms with Crippen LogP contribution >= 0.6 is 0 Å². The van der Waals surface area contributed by atoms with Crippen molar-refractivity contribution >= 4 is 23.3 Å². The minimum atomic E-state index is -0.377. The highest BCUT2D eigenvalue weighted by Gasteiger charge is 2.17. The Bertz CT molecular complexity index is 815. The summed E-state index contributed by atoms with van der Waals surface area (Å²) in [6, 6.07) is 10.4. The minimum absolute atomic E-state index is 0.280. The van der Waals surface area contributed by atoms with Gasteiger partial charge in [-0.05, 0) is 49.9 Å². The van der Waals surface area contributed by atoms with Crippen LogP contribution < -0.4 is 10.2 Å². The number of hydrogen-bond donors (Lipinski definition) is 1. The molecule has 0 aliphatic carbocycles. The van der Waals surface area contributed by atoms with E-state index >= 15 is 0 Å². The molecular formula is C21H26N4O3. The first-order valence-electron chi connectivity index (χ1n) is 9.62. The number of hydrogen-bond acceptors (Lipinski definition) is 6. The zero-order valence-electron chi connectivity index (χ0n) is 16.4. The summed E-state index contributed by atoms with van der Waals surface area (Å²) in [5, 5.41) is 2.82. The number of carbonyl (C=O) groups is 2. The van der Waals surface area contributed by atoms with Crippen LogP contribution in [-0.2, 0) is 4.74 Å². The highest BCUT2D eigenvalue weighted by Crippen LogP contribution is 2.18. The van der Waals surface area contributed by atoms with Crippen molar-refractivity contribution in [2.45, 2.75) is 13.8 Å². The molecule has 0 bridgehead atoms. The van der Waals surface area contributed by atoms with Gasteiger partial charge in [-0.3, -0.25) is 9.78 Å². The first kappa shape index (κ1) is 19.8. The molecule has 7 heteroatoms. The maximum atomic E-state index is 12.6. The van der Waals surface area contributed by atoms with Crippen LogP contribution in [0.15, 0.2) is 42.6 Å². The Balaban J connectivity index is 1.64. The Morgan fingerprint density at radius 2 is 1.79 bits per heavy atom. The Morgan fingerprint density at radius 3 is 2.43 bits per heavy atom. The second kappa shape index (κ2) is 9.32. The topological polar surface area (TPSA) is 74.8 Å². The number of anilines is 2. The number of rotatable bonds is 6. The molecule has 1 N–H and O–H groups in total. The lowest BCUT2D eigenvalue weighted by atomic mass is 10.2. The second-order valence-electron chi connectivity index (χ2n) is 6.57. The fourth-order valence-corrected chi connectivity index (χ4v) is 3.16. The van der Waals surface area contributed by atoms with Crippen molar-refractivity contribution in [3.63, 3.8) is 0 Å². The molecule has 1 aliphatic rings. The lowest BCUT2D eigenvalue weighted by molar-refractivity contribution is 0.0526. The highest BCUT2D eigenvalue weighted by molar-refractivity contribution is 6.03. The molecule has 3 rings (SSSR count). The van der Waals surface area contributed by atoms with Crippen LogP contribution in [0.3, 0.4) is 0 Å². The maximum Gasteiger partial charge on any atom is 0.338 e. The Hall–Kier alpha value is -2.93. The molecule has 0 spiro atoms. The van der Waals surface area contributed by atoms with Crippen molar-refractivity contribution in [1.29, 1.82) is 0 Å². The van der Waals surface area contributed by atoms with Gasteiger partial charge in [0.1, 0.15) is 5.69 Å². The minimum Gasteiger partial charge on any atom is -0.462 e. The fourth-order valence-electron chi connectivity index (χ4n) is 3.16. The summed E-state index contributed by atoms with van der Waals surface area (Å²) in [7, 11) is 0. The zero-order chi connectivity index (χ0) is 19.9. The molecule has 2 aromatic rings. The number of ether oxygens (including phenoxy) is 1. The van der Waals surface area contributed by atoms with Gasteiger partial charge in [-0.2, -0.15) is 0 Å². The number of nitrogens with one attached hydrogen (secondary N) is 1. The average molecular weight is 382 g/mol. The van der Waals surface area contributed by atoms with Crippen LogP contribution in [-0.4, -0.2) is 61.1 Å². The largest absolute Gasteiger partial charge is 0.462 e. The summed E-state index contributed by atoms with van der Waals surface area (Å²) in [5.74, 6) is -0.657. The lowest BCUT2D eigenvalue weighted by Gasteiger charge is -2.35. The zero-order valence-corrected chi connectivity index (χ0v) is 16.4. The number of pyridine rings is 1. The summed E-state index contributed by atoms with van der Waals surface area (Å²) in [4.78, 5) is 33.2. The van der Waals surface area contributed by atoms with Crippen molar-refractivity contribution in [2.75, 3.05) is 49.5 Å². The average Bonchev–Trinajstić information content (AvgIpc) is 2.74. The molecule has 1 saturated heterocycles. The smallest absolute Gasteiger partial charge is 0.338 e. The quantitative estimate of drug-likeness (QED) is 0.774. The third-order valence-electron chi connectivity index (χ3n) is 4.81. The molecule has 7 nitrogen and oxygen atoms in total. The Kier molecular flexibility index (Phi) is 6.60. The van der Waals surface area contributed by atoms with E-state index in [9.17, 15) is 9.59 Å². The molecule has 148 valence electrons. The number of piperazine rings is 1. The van der Waals surface area contributed by atoms with Crippen LogP contribution in [0.5, 0.6) is 0 Å². The molecule has 0 radical (unpaired) electrons. The normalized spacial score (nSPS) is 14.6. The number of aromatic nitrogens is 1. The molecule has 1 aliphatic heterocycles. The van der Waals surface area contributed by atoms with Gasteiger partial charge in [0.05, 0.1) is 12.2 Å². The van der Waals surface area contributed by atoms with Crippen molar-refractivity contribution in [1.82, 2.24) is 9.88 Å². The van der Waals surface area contributed by atoms with Gasteiger partial charge in [-0.25, -0.2) is 4.79 Å². The molecule has 1 fully saturated rings. The Morgan fingerprint density at radius 1 is 1.07 bits per heavy atom. The van der Waals surface area contributed by atoms with E-state index in [2.05, 4.69) is 27.0 Å². The van der Waals surface area contributed by atoms with Crippen LogP contribution in [0.4, 0.5) is 11.4 Å². The van der Waals surface area contributed by atoms with Crippen LogP contribution in [0, 0.1) is 0 Å². The summed E-state index contributed by atoms with van der Waals surface area (Å²) in [6.07, 6.45) is 1.67. The van der Waals surface area contributed by atoms with E-state index in [4.69, 9.17) is 4.74 Å². The molecule has 1 aromatic heterocycles. The number of esters is 1. The number of benzene rings is 1. The van der Waals surface area contributed by atoms with E-state index in [0.717, 1.165) is 38.4 Å². The first-order valence-corrected chi connectivity index (χ1v) is 9.62. The summed E-state index contributed by atoms with van der Waals surface area (Å²) in [5.41, 5.74) is 2.42. The van der Waals surface area contributed by atoms with Gasteiger partial charge in [0.2, 0.25) is 0 Å². The maximum absolute atomic E-state index is 12.6. The fraction of sp³-hybridized carbons (Fsp3) is 0.381. The molecule has 1 amide bonds. The number of likely N-dealkylation sites (N-methyl/N-ethyl adjacent to an activating group) is 1. The number of amides is 1. The monoisotopic (exact) mass is 382 g/mol. The van der Waals surface area contributed by atoms with Crippen LogP contribution in [0.1, 0.15) is 34.7 Å². The molecule has 1 aromatic carbocycles. The van der Waals surface area contributed by atoms with E-state index in [0.29, 0.717) is 23.6 Å². The summed E-state index contributed by atoms with van der Waals surface area (Å²) >= 11 is 0. The predicted octanol–water partition coefficient (Wildman–Crippen LogP) is 2.65. The van der Waals surface area contributed by atoms with Crippen LogP contribution in [0.25, 0.3) is 0 Å². The third kappa shape index (κ3) is 4.86. The van der Waals surface area contributed by atoms with Gasteiger partial charge in [-0.15, -0.1) is 0 Å². The van der Waals surface area contributed by atoms with Crippen molar-refractivity contribution in [2.24, 2.45) is 0 Å². The standard InChI is InChI=1S/C21H26N4O3/c1-3-24-11-13-25(14-12-24)18-9-10-22-19(15-18)20(26)23-17-7-5-16(6-8-17)21(27)28-4-2/h5-10,15H,3-4,11-14H2,1-2H3,(H,23,26). The van der Waals surface area contributed by atoms with Crippen molar-refractivity contribution in [3.05, 3.63) is 53.9 Å². The van der Waals surface area contributed by atoms with E-state index in [1.807, 2.05) is 12.1 Å². The van der Waals surface area contributed by atoms with Gasteiger partial charge in [0.25, 0.3) is 5.91 Å². The SMILES string of the molecule is CCOC(=O)c1ccc(NC(=O)c2cc(N3CCN(CC)CC3)ccn2)cc1. The van der Waals surface area contributed by atoms with E-state index < -0.39 is 0 Å². The summed E-state index contributed by atoms with van der Waals surface area (Å²) in [6.45, 7) is 9.24. The first-order chi connectivity index (χ1) is 13.6. The van der Waals surface area contributed by atoms with E-state index in [1.54, 1.807) is 37.4 Å². The van der Waals surface area contributed by atoms with Crippen LogP contribution in [0.2, 0.25) is 0 Å². The van der Waals surface area contributed by atoms with Gasteiger partial charge in [0, 0.05) is 43.8 Å². The van der Waals surface area contributed by atoms with Gasteiger partial charge >= 0.3 is 5.97 Å². The van der Waals surface area contributed by atoms with Crippen molar-refractivity contribution < 1.29 is 14.3 Å². The predicted molar refractivity (Wildman–Crippen MR) is 109 cm³/mol. The lowest BCUT2D eigenvalue weighted by Crippen LogP contribution is -2.46. The molecule has 0 saturated carbocycles.